The number of aryl methyl sites for hydroxylation is 1. The molecule has 38 heavy (non-hydrogen) atoms. The Morgan fingerprint density at radius 1 is 1.26 bits per heavy atom. The summed E-state index contributed by atoms with van der Waals surface area (Å²) in [6, 6.07) is 8.09. The Morgan fingerprint density at radius 3 is 2.63 bits per heavy atom. The third kappa shape index (κ3) is 5.86. The Balaban J connectivity index is 1.46. The Labute approximate surface area is 223 Å². The molecule has 1 aliphatic heterocycles. The van der Waals surface area contributed by atoms with Gasteiger partial charge in [0.2, 0.25) is 11.8 Å². The van der Waals surface area contributed by atoms with Crippen molar-refractivity contribution in [3.05, 3.63) is 52.9 Å². The number of nitrogens with one attached hydrogen (secondary N) is 1. The standard InChI is InChI=1S/C26H30N4O7S/c1-14(2)23(21-10-22(29-36-21)37-35-13-31)26(34)30-11-19(32)9-20(30)25(33)28-15(3)17-5-7-18(8-6-17)24-16(4)27-12-38-24/h5-8,10,12-15,19-20,23,32H,9,11H2,1-4H3,(H,28,33)/t15-,19+,20-,23+/m0/s1. The molecule has 0 unspecified atom stereocenters. The number of aliphatic hydroxyl groups is 1. The highest BCUT2D eigenvalue weighted by molar-refractivity contribution is 7.13. The van der Waals surface area contributed by atoms with Gasteiger partial charge in [-0.05, 0) is 36.0 Å². The quantitative estimate of drug-likeness (QED) is 0.224. The average Bonchev–Trinajstić information content (AvgIpc) is 3.62. The van der Waals surface area contributed by atoms with Crippen LogP contribution in [-0.4, -0.2) is 57.1 Å². The molecule has 4 rings (SSSR count). The fraction of sp³-hybridized carbons (Fsp3) is 0.423. The lowest BCUT2D eigenvalue weighted by molar-refractivity contribution is -0.198. The second-order valence-corrected chi connectivity index (χ2v) is 10.4. The number of hydrogen-bond acceptors (Lipinski definition) is 10. The van der Waals surface area contributed by atoms with E-state index in [1.165, 1.54) is 11.0 Å². The first-order valence-corrected chi connectivity index (χ1v) is 13.1. The van der Waals surface area contributed by atoms with E-state index in [2.05, 4.69) is 25.2 Å². The third-order valence-electron chi connectivity index (χ3n) is 6.56. The van der Waals surface area contributed by atoms with Crippen LogP contribution in [0.25, 0.3) is 10.4 Å². The van der Waals surface area contributed by atoms with Crippen molar-refractivity contribution in [3.8, 4) is 16.3 Å². The van der Waals surface area contributed by atoms with Crippen LogP contribution in [0.2, 0.25) is 0 Å². The molecule has 0 aliphatic carbocycles. The van der Waals surface area contributed by atoms with Crippen LogP contribution in [0.3, 0.4) is 0 Å². The smallest absolute Gasteiger partial charge is 0.343 e. The van der Waals surface area contributed by atoms with Crippen molar-refractivity contribution in [3.63, 3.8) is 0 Å². The molecule has 4 atom stereocenters. The zero-order chi connectivity index (χ0) is 27.4. The lowest BCUT2D eigenvalue weighted by atomic mass is 9.91. The lowest BCUT2D eigenvalue weighted by Crippen LogP contribution is -2.48. The number of rotatable bonds is 10. The zero-order valence-corrected chi connectivity index (χ0v) is 22.3. The Hall–Kier alpha value is -3.77. The summed E-state index contributed by atoms with van der Waals surface area (Å²) in [5, 5.41) is 17.0. The summed E-state index contributed by atoms with van der Waals surface area (Å²) >= 11 is 1.57. The molecule has 1 aliphatic rings. The summed E-state index contributed by atoms with van der Waals surface area (Å²) in [7, 11) is 0. The maximum Gasteiger partial charge on any atom is 0.343 e. The first kappa shape index (κ1) is 27.3. The van der Waals surface area contributed by atoms with Crippen LogP contribution in [0.4, 0.5) is 0 Å². The van der Waals surface area contributed by atoms with Crippen LogP contribution >= 0.6 is 11.3 Å². The molecule has 0 saturated carbocycles. The summed E-state index contributed by atoms with van der Waals surface area (Å²) in [6.45, 7) is 7.60. The molecular formula is C26H30N4O7S. The highest BCUT2D eigenvalue weighted by Gasteiger charge is 2.43. The van der Waals surface area contributed by atoms with Gasteiger partial charge in [0.1, 0.15) is 12.0 Å². The van der Waals surface area contributed by atoms with E-state index >= 15 is 0 Å². The van der Waals surface area contributed by atoms with E-state index in [1.807, 2.05) is 57.5 Å². The van der Waals surface area contributed by atoms with Gasteiger partial charge in [0.15, 0.2) is 5.76 Å². The van der Waals surface area contributed by atoms with Crippen molar-refractivity contribution in [2.45, 2.75) is 58.2 Å². The normalized spacial score (nSPS) is 18.7. The SMILES string of the molecule is Cc1ncsc1-c1ccc([C@H](C)NC(=O)[C@@H]2C[C@@H](O)CN2C(=O)[C@@H](c2cc(OOC=O)no2)C(C)C)cc1. The molecule has 0 spiro atoms. The summed E-state index contributed by atoms with van der Waals surface area (Å²) in [4.78, 5) is 52.9. The van der Waals surface area contributed by atoms with Gasteiger partial charge in [0.05, 0.1) is 34.3 Å². The molecule has 2 aromatic heterocycles. The highest BCUT2D eigenvalue weighted by atomic mass is 32.1. The summed E-state index contributed by atoms with van der Waals surface area (Å²) in [5.74, 6) is -1.68. The largest absolute Gasteiger partial charge is 0.391 e. The predicted molar refractivity (Wildman–Crippen MR) is 137 cm³/mol. The summed E-state index contributed by atoms with van der Waals surface area (Å²) in [5.41, 5.74) is 4.75. The minimum absolute atomic E-state index is 0.0170. The van der Waals surface area contributed by atoms with Crippen LogP contribution in [0.5, 0.6) is 5.88 Å². The first-order valence-electron chi connectivity index (χ1n) is 12.2. The second-order valence-electron chi connectivity index (χ2n) is 9.58. The van der Waals surface area contributed by atoms with Crippen molar-refractivity contribution >= 4 is 29.6 Å². The van der Waals surface area contributed by atoms with Crippen LogP contribution in [0.15, 0.2) is 40.4 Å². The molecule has 1 aromatic carbocycles. The topological polar surface area (TPSA) is 144 Å². The van der Waals surface area contributed by atoms with Gasteiger partial charge in [0, 0.05) is 13.0 Å². The van der Waals surface area contributed by atoms with Crippen molar-refractivity contribution in [2.75, 3.05) is 6.54 Å². The van der Waals surface area contributed by atoms with E-state index in [4.69, 9.17) is 4.52 Å². The van der Waals surface area contributed by atoms with Crippen LogP contribution in [0, 0.1) is 12.8 Å². The van der Waals surface area contributed by atoms with Gasteiger partial charge >= 0.3 is 12.4 Å². The minimum atomic E-state index is -0.850. The average molecular weight is 543 g/mol. The van der Waals surface area contributed by atoms with Crippen molar-refractivity contribution in [1.29, 1.82) is 0 Å². The van der Waals surface area contributed by atoms with Gasteiger partial charge in [-0.3, -0.25) is 24.2 Å². The summed E-state index contributed by atoms with van der Waals surface area (Å²) in [6.07, 6.45) is -0.717. The highest BCUT2D eigenvalue weighted by Crippen LogP contribution is 2.33. The van der Waals surface area contributed by atoms with Crippen LogP contribution < -0.4 is 10.2 Å². The van der Waals surface area contributed by atoms with Crippen LogP contribution in [0.1, 0.15) is 56.2 Å². The minimum Gasteiger partial charge on any atom is -0.391 e. The Morgan fingerprint density at radius 2 is 2.00 bits per heavy atom. The van der Waals surface area contributed by atoms with Crippen LogP contribution in [-0.2, 0) is 19.3 Å². The number of carbonyl (C=O) groups excluding carboxylic acids is 3. The molecule has 2 N–H and O–H groups in total. The molecular weight excluding hydrogens is 512 g/mol. The van der Waals surface area contributed by atoms with Gasteiger partial charge in [-0.25, -0.2) is 4.98 Å². The number of aliphatic hydroxyl groups excluding tert-OH is 1. The van der Waals surface area contributed by atoms with E-state index in [1.54, 1.807) is 11.3 Å². The van der Waals surface area contributed by atoms with E-state index < -0.39 is 18.1 Å². The number of likely N-dealkylation sites (tertiary alicyclic amines) is 1. The molecule has 11 nitrogen and oxygen atoms in total. The zero-order valence-electron chi connectivity index (χ0n) is 21.5. The van der Waals surface area contributed by atoms with E-state index in [-0.39, 0.29) is 54.9 Å². The molecule has 1 fully saturated rings. The van der Waals surface area contributed by atoms with Crippen molar-refractivity contribution < 1.29 is 33.8 Å². The molecule has 2 amide bonds. The lowest BCUT2D eigenvalue weighted by Gasteiger charge is -2.29. The number of amides is 2. The van der Waals surface area contributed by atoms with Gasteiger partial charge in [-0.1, -0.05) is 38.1 Å². The molecule has 3 aromatic rings. The molecule has 202 valence electrons. The van der Waals surface area contributed by atoms with E-state index in [0.717, 1.165) is 21.7 Å². The number of aromatic nitrogens is 2. The molecule has 1 saturated heterocycles. The Kier molecular flexibility index (Phi) is 8.42. The second kappa shape index (κ2) is 11.7. The number of nitrogens with zero attached hydrogens (tertiary/aromatic N) is 3. The van der Waals surface area contributed by atoms with E-state index in [0.29, 0.717) is 0 Å². The number of carbonyl (C=O) groups is 3. The monoisotopic (exact) mass is 542 g/mol. The fourth-order valence-electron chi connectivity index (χ4n) is 4.64. The maximum absolute atomic E-state index is 13.6. The molecule has 0 bridgehead atoms. The number of benzene rings is 1. The molecule has 12 heteroatoms. The molecule has 3 heterocycles. The molecule has 0 radical (unpaired) electrons. The van der Waals surface area contributed by atoms with Crippen molar-refractivity contribution in [1.82, 2.24) is 20.4 Å². The van der Waals surface area contributed by atoms with Crippen molar-refractivity contribution in [2.24, 2.45) is 5.92 Å². The maximum atomic E-state index is 13.6. The number of β-amino-alcohol motifs (C(OH)–C–C–N with tert-alkyl or cyclic N) is 1. The number of thiazole rings is 1. The number of hydrogen-bond donors (Lipinski definition) is 2. The summed E-state index contributed by atoms with van der Waals surface area (Å²) < 4.78 is 5.27. The third-order valence-corrected chi connectivity index (χ3v) is 7.54. The first-order chi connectivity index (χ1) is 18.2. The van der Waals surface area contributed by atoms with Gasteiger partial charge in [-0.15, -0.1) is 11.3 Å². The van der Waals surface area contributed by atoms with Gasteiger partial charge in [0.25, 0.3) is 0 Å². The van der Waals surface area contributed by atoms with E-state index in [9.17, 15) is 19.5 Å². The fourth-order valence-corrected chi connectivity index (χ4v) is 5.45. The predicted octanol–water partition coefficient (Wildman–Crippen LogP) is 3.15. The van der Waals surface area contributed by atoms with Gasteiger partial charge < -0.3 is 19.8 Å². The van der Waals surface area contributed by atoms with Gasteiger partial charge in [-0.2, -0.15) is 0 Å². The Bertz CT molecular complexity index is 1270.